The van der Waals surface area contributed by atoms with Gasteiger partial charge in [-0.1, -0.05) is 0 Å². The SMILES string of the molecule is O=C(C[C@@H]1C[C@@H]2c3cc(NC(=O)c4cccnc4)ccc3O[C@@H]2[C@@H](CO)O1)NCC1CC1. The Kier molecular flexibility index (Phi) is 5.80. The molecule has 1 aromatic carbocycles. The molecule has 8 heteroatoms. The van der Waals surface area contributed by atoms with E-state index in [0.717, 1.165) is 17.9 Å². The standard InChI is InChI=1S/C24H27N3O5/c28-13-21-23-19(9-17(31-21)10-22(29)26-11-14-3-4-14)18-8-16(5-6-20(18)32-23)27-24(30)15-2-1-7-25-12-15/h1-2,5-8,12,14,17,19,21,23,28H,3-4,9-11,13H2,(H,26,29)(H,27,30)/t17-,19+,21+,23-/m0/s1. The predicted octanol–water partition coefficient (Wildman–Crippen LogP) is 2.24. The number of carbonyl (C=O) groups excluding carboxylic acids is 2. The van der Waals surface area contributed by atoms with Gasteiger partial charge in [0.25, 0.3) is 5.91 Å². The van der Waals surface area contributed by atoms with E-state index in [0.29, 0.717) is 23.6 Å². The molecule has 0 spiro atoms. The minimum Gasteiger partial charge on any atom is -0.487 e. The van der Waals surface area contributed by atoms with Crippen molar-refractivity contribution in [2.45, 2.75) is 49.9 Å². The Morgan fingerprint density at radius 1 is 1.22 bits per heavy atom. The van der Waals surface area contributed by atoms with Crippen LogP contribution < -0.4 is 15.4 Å². The van der Waals surface area contributed by atoms with Gasteiger partial charge in [-0.2, -0.15) is 0 Å². The number of hydrogen-bond acceptors (Lipinski definition) is 6. The number of fused-ring (bicyclic) bond motifs is 3. The van der Waals surface area contributed by atoms with E-state index in [-0.39, 0.29) is 43.0 Å². The topological polar surface area (TPSA) is 110 Å². The molecule has 3 N–H and O–H groups in total. The maximum Gasteiger partial charge on any atom is 0.257 e. The van der Waals surface area contributed by atoms with Gasteiger partial charge in [-0.05, 0) is 55.5 Å². The molecule has 1 aliphatic carbocycles. The van der Waals surface area contributed by atoms with Crippen LogP contribution in [0.3, 0.4) is 0 Å². The van der Waals surface area contributed by atoms with Gasteiger partial charge in [0, 0.05) is 36.1 Å². The summed E-state index contributed by atoms with van der Waals surface area (Å²) in [5.74, 6) is 1.07. The molecule has 168 valence electrons. The molecular weight excluding hydrogens is 410 g/mol. The van der Waals surface area contributed by atoms with Gasteiger partial charge in [0.15, 0.2) is 0 Å². The van der Waals surface area contributed by atoms with Crippen LogP contribution in [0.25, 0.3) is 0 Å². The number of anilines is 1. The molecule has 3 aliphatic rings. The maximum atomic E-state index is 12.5. The van der Waals surface area contributed by atoms with Gasteiger partial charge < -0.3 is 25.2 Å². The van der Waals surface area contributed by atoms with Crippen LogP contribution in [0.4, 0.5) is 5.69 Å². The maximum absolute atomic E-state index is 12.5. The third-order valence-corrected chi connectivity index (χ3v) is 6.38. The fourth-order valence-corrected chi connectivity index (χ4v) is 4.53. The molecule has 0 radical (unpaired) electrons. The second-order valence-electron chi connectivity index (χ2n) is 8.80. The normalized spacial score (nSPS) is 25.9. The third kappa shape index (κ3) is 4.47. The Labute approximate surface area is 186 Å². The highest BCUT2D eigenvalue weighted by Gasteiger charge is 2.46. The van der Waals surface area contributed by atoms with Crippen molar-refractivity contribution in [2.75, 3.05) is 18.5 Å². The summed E-state index contributed by atoms with van der Waals surface area (Å²) in [6.07, 6.45) is 5.27. The van der Waals surface area contributed by atoms with E-state index in [1.165, 1.54) is 19.0 Å². The highest BCUT2D eigenvalue weighted by Crippen LogP contribution is 2.47. The summed E-state index contributed by atoms with van der Waals surface area (Å²) in [4.78, 5) is 28.8. The van der Waals surface area contributed by atoms with Gasteiger partial charge in [0.05, 0.1) is 24.7 Å². The van der Waals surface area contributed by atoms with E-state index in [1.54, 1.807) is 24.4 Å². The van der Waals surface area contributed by atoms with Crippen molar-refractivity contribution in [3.05, 3.63) is 53.9 Å². The molecule has 2 aliphatic heterocycles. The van der Waals surface area contributed by atoms with E-state index in [2.05, 4.69) is 15.6 Å². The largest absolute Gasteiger partial charge is 0.487 e. The van der Waals surface area contributed by atoms with Crippen LogP contribution in [0.1, 0.15) is 47.5 Å². The zero-order chi connectivity index (χ0) is 22.1. The molecule has 2 aromatic rings. The lowest BCUT2D eigenvalue weighted by molar-refractivity contribution is -0.142. The Morgan fingerprint density at radius 3 is 2.84 bits per heavy atom. The summed E-state index contributed by atoms with van der Waals surface area (Å²) in [6, 6.07) is 8.96. The lowest BCUT2D eigenvalue weighted by Gasteiger charge is -2.37. The molecule has 3 heterocycles. The highest BCUT2D eigenvalue weighted by atomic mass is 16.6. The first-order valence-corrected chi connectivity index (χ1v) is 11.2. The van der Waals surface area contributed by atoms with Gasteiger partial charge in [0.1, 0.15) is 18.0 Å². The monoisotopic (exact) mass is 437 g/mol. The molecule has 8 nitrogen and oxygen atoms in total. The Morgan fingerprint density at radius 2 is 2.09 bits per heavy atom. The Hall–Kier alpha value is -2.97. The molecule has 0 unspecified atom stereocenters. The van der Waals surface area contributed by atoms with Crippen LogP contribution in [-0.4, -0.2) is 53.4 Å². The van der Waals surface area contributed by atoms with Crippen LogP contribution in [0.2, 0.25) is 0 Å². The van der Waals surface area contributed by atoms with Gasteiger partial charge in [-0.15, -0.1) is 0 Å². The minimum atomic E-state index is -0.504. The number of aliphatic hydroxyl groups is 1. The van der Waals surface area contributed by atoms with Crippen LogP contribution in [0.15, 0.2) is 42.7 Å². The molecule has 32 heavy (non-hydrogen) atoms. The first-order valence-electron chi connectivity index (χ1n) is 11.2. The van der Waals surface area contributed by atoms with Crippen LogP contribution >= 0.6 is 0 Å². The fourth-order valence-electron chi connectivity index (χ4n) is 4.53. The quantitative estimate of drug-likeness (QED) is 0.613. The van der Waals surface area contributed by atoms with Crippen molar-refractivity contribution in [3.63, 3.8) is 0 Å². The number of pyridine rings is 1. The molecule has 2 fully saturated rings. The van der Waals surface area contributed by atoms with E-state index in [9.17, 15) is 14.7 Å². The second kappa shape index (κ2) is 8.88. The average Bonchev–Trinajstić information content (AvgIpc) is 3.58. The summed E-state index contributed by atoms with van der Waals surface area (Å²) < 4.78 is 12.1. The van der Waals surface area contributed by atoms with Crippen molar-refractivity contribution in [3.8, 4) is 5.75 Å². The zero-order valence-electron chi connectivity index (χ0n) is 17.7. The number of carbonyl (C=O) groups is 2. The number of aromatic nitrogens is 1. The summed E-state index contributed by atoms with van der Waals surface area (Å²) >= 11 is 0. The number of benzene rings is 1. The molecule has 1 aromatic heterocycles. The van der Waals surface area contributed by atoms with Crippen LogP contribution in [-0.2, 0) is 9.53 Å². The first kappa shape index (κ1) is 20.9. The highest BCUT2D eigenvalue weighted by molar-refractivity contribution is 6.04. The van der Waals surface area contributed by atoms with E-state index in [4.69, 9.17) is 9.47 Å². The number of nitrogens with one attached hydrogen (secondary N) is 2. The number of aliphatic hydroxyl groups excluding tert-OH is 1. The Balaban J connectivity index is 1.29. The minimum absolute atomic E-state index is 0.0198. The fraction of sp³-hybridized carbons (Fsp3) is 0.458. The number of ether oxygens (including phenoxy) is 2. The van der Waals surface area contributed by atoms with Crippen molar-refractivity contribution in [1.29, 1.82) is 0 Å². The van der Waals surface area contributed by atoms with E-state index < -0.39 is 6.10 Å². The second-order valence-corrected chi connectivity index (χ2v) is 8.80. The molecule has 0 bridgehead atoms. The lowest BCUT2D eigenvalue weighted by Crippen LogP contribution is -2.47. The van der Waals surface area contributed by atoms with Crippen LogP contribution in [0.5, 0.6) is 5.75 Å². The number of rotatable bonds is 7. The zero-order valence-corrected chi connectivity index (χ0v) is 17.7. The van der Waals surface area contributed by atoms with Crippen molar-refractivity contribution in [1.82, 2.24) is 10.3 Å². The first-order chi connectivity index (χ1) is 15.6. The molecule has 1 saturated carbocycles. The third-order valence-electron chi connectivity index (χ3n) is 6.38. The Bertz CT molecular complexity index is 994. The van der Waals surface area contributed by atoms with Gasteiger partial charge in [-0.25, -0.2) is 0 Å². The summed E-state index contributed by atoms with van der Waals surface area (Å²) in [7, 11) is 0. The summed E-state index contributed by atoms with van der Waals surface area (Å²) in [5.41, 5.74) is 2.10. The van der Waals surface area contributed by atoms with Crippen molar-refractivity contribution >= 4 is 17.5 Å². The van der Waals surface area contributed by atoms with Crippen molar-refractivity contribution < 1.29 is 24.2 Å². The smallest absolute Gasteiger partial charge is 0.257 e. The molecule has 2 amide bonds. The van der Waals surface area contributed by atoms with Gasteiger partial charge >= 0.3 is 0 Å². The number of hydrogen-bond donors (Lipinski definition) is 3. The molecule has 1 saturated heterocycles. The van der Waals surface area contributed by atoms with E-state index >= 15 is 0 Å². The molecule has 5 rings (SSSR count). The average molecular weight is 437 g/mol. The number of amides is 2. The molecular formula is C24H27N3O5. The number of nitrogens with zero attached hydrogens (tertiary/aromatic N) is 1. The predicted molar refractivity (Wildman–Crippen MR) is 117 cm³/mol. The van der Waals surface area contributed by atoms with Gasteiger partial charge in [-0.3, -0.25) is 14.6 Å². The van der Waals surface area contributed by atoms with Gasteiger partial charge in [0.2, 0.25) is 5.91 Å². The lowest BCUT2D eigenvalue weighted by atomic mass is 9.84. The summed E-state index contributed by atoms with van der Waals surface area (Å²) in [6.45, 7) is 0.549. The molecule has 4 atom stereocenters. The summed E-state index contributed by atoms with van der Waals surface area (Å²) in [5, 5.41) is 15.8. The van der Waals surface area contributed by atoms with Crippen LogP contribution in [0, 0.1) is 5.92 Å². The van der Waals surface area contributed by atoms with E-state index in [1.807, 2.05) is 12.1 Å². The van der Waals surface area contributed by atoms with Crippen molar-refractivity contribution in [2.24, 2.45) is 5.92 Å².